The molecule has 4 nitrogen and oxygen atoms in total. The van der Waals surface area contributed by atoms with Crippen molar-refractivity contribution in [3.05, 3.63) is 9.81 Å². The number of ketones is 1. The molecule has 0 N–H and O–H groups in total. The van der Waals surface area contributed by atoms with Gasteiger partial charge in [-0.25, -0.2) is 4.79 Å². The molecule has 198 valence electrons. The normalized spacial score (nSPS) is 36.3. The lowest BCUT2D eigenvalue weighted by molar-refractivity contribution is -0.146. The van der Waals surface area contributed by atoms with Crippen LogP contribution in [0.2, 0.25) is 0 Å². The third-order valence-electron chi connectivity index (χ3n) is 10.1. The highest BCUT2D eigenvalue weighted by Crippen LogP contribution is 2.51. The van der Waals surface area contributed by atoms with Gasteiger partial charge >= 0.3 is 5.97 Å². The van der Waals surface area contributed by atoms with E-state index >= 15 is 0 Å². The summed E-state index contributed by atoms with van der Waals surface area (Å²) in [4.78, 5) is 24.5. The summed E-state index contributed by atoms with van der Waals surface area (Å²) >= 11 is 3.50. The number of hydrogen-bond donors (Lipinski definition) is 0. The zero-order valence-corrected chi connectivity index (χ0v) is 23.4. The Morgan fingerprint density at radius 2 is 1.31 bits per heavy atom. The van der Waals surface area contributed by atoms with E-state index in [0.29, 0.717) is 22.9 Å². The Bertz CT molecular complexity index is 848. The highest BCUT2D eigenvalue weighted by molar-refractivity contribution is 8.25. The van der Waals surface area contributed by atoms with E-state index in [1.807, 2.05) is 0 Å². The Hall–Kier alpha value is -0.930. The molecular weight excluding hydrogens is 486 g/mol. The largest absolute Gasteiger partial charge is 0.458 e. The Kier molecular flexibility index (Phi) is 9.44. The molecule has 6 heteroatoms. The number of Topliss-reactive ketones (excluding diaryl/α,β-unsaturated/α-hetero) is 1. The van der Waals surface area contributed by atoms with Gasteiger partial charge in [-0.15, -0.1) is 23.5 Å². The first-order valence-electron chi connectivity index (χ1n) is 14.8. The lowest BCUT2D eigenvalue weighted by atomic mass is 9.70. The second kappa shape index (κ2) is 12.7. The molecule has 0 aromatic carbocycles. The van der Waals surface area contributed by atoms with Gasteiger partial charge in [0.25, 0.3) is 0 Å². The number of carbonyl (C=O) groups excluding carboxylic acids is 2. The number of nitrogens with zero attached hydrogens (tertiary/aromatic N) is 1. The summed E-state index contributed by atoms with van der Waals surface area (Å²) in [7, 11) is 0. The van der Waals surface area contributed by atoms with Gasteiger partial charge in [-0.05, 0) is 93.8 Å². The number of ether oxygens (including phenoxy) is 1. The van der Waals surface area contributed by atoms with Crippen LogP contribution in [0, 0.1) is 40.9 Å². The SMILES string of the molecule is N#C/C(C(=O)OC1CCC(C2CCC(=O)CC2)CC1)=C1\SCC(C2CCC(C3CCCCC3)CC2)S1. The molecule has 0 aromatic rings. The second-order valence-electron chi connectivity index (χ2n) is 12.1. The molecule has 5 rings (SSSR count). The van der Waals surface area contributed by atoms with Crippen molar-refractivity contribution in [2.45, 2.75) is 121 Å². The van der Waals surface area contributed by atoms with Gasteiger partial charge in [0.15, 0.2) is 5.57 Å². The fourth-order valence-electron chi connectivity index (χ4n) is 7.82. The second-order valence-corrected chi connectivity index (χ2v) is 14.7. The number of nitriles is 1. The van der Waals surface area contributed by atoms with E-state index in [4.69, 9.17) is 4.74 Å². The van der Waals surface area contributed by atoms with E-state index in [1.54, 1.807) is 23.5 Å². The summed E-state index contributed by atoms with van der Waals surface area (Å²) < 4.78 is 6.78. The minimum Gasteiger partial charge on any atom is -0.458 e. The van der Waals surface area contributed by atoms with Crippen molar-refractivity contribution >= 4 is 35.3 Å². The lowest BCUT2D eigenvalue weighted by Crippen LogP contribution is -2.30. The topological polar surface area (TPSA) is 67.2 Å². The molecule has 0 amide bonds. The number of esters is 1. The Balaban J connectivity index is 1.08. The molecule has 1 heterocycles. The van der Waals surface area contributed by atoms with Crippen LogP contribution in [0.3, 0.4) is 0 Å². The molecular formula is C30H43NO3S2. The molecule has 1 saturated heterocycles. The molecule has 4 aliphatic carbocycles. The van der Waals surface area contributed by atoms with E-state index in [9.17, 15) is 14.9 Å². The Labute approximate surface area is 226 Å². The first-order valence-corrected chi connectivity index (χ1v) is 16.6. The average molecular weight is 530 g/mol. The maximum absolute atomic E-state index is 13.0. The molecule has 0 bridgehead atoms. The summed E-state index contributed by atoms with van der Waals surface area (Å²) in [5.74, 6) is 5.00. The van der Waals surface area contributed by atoms with Crippen molar-refractivity contribution in [2.24, 2.45) is 29.6 Å². The number of carbonyl (C=O) groups is 2. The van der Waals surface area contributed by atoms with Gasteiger partial charge in [0.1, 0.15) is 18.0 Å². The van der Waals surface area contributed by atoms with Crippen molar-refractivity contribution in [3.63, 3.8) is 0 Å². The van der Waals surface area contributed by atoms with Crippen LogP contribution in [0.4, 0.5) is 0 Å². The third-order valence-corrected chi connectivity index (χ3v) is 13.2. The summed E-state index contributed by atoms with van der Waals surface area (Å²) in [6, 6.07) is 2.20. The number of thioether (sulfide) groups is 2. The first kappa shape index (κ1) is 26.7. The maximum Gasteiger partial charge on any atom is 0.350 e. The van der Waals surface area contributed by atoms with Crippen LogP contribution in [-0.4, -0.2) is 28.9 Å². The summed E-state index contributed by atoms with van der Waals surface area (Å²) in [6.07, 6.45) is 20.0. The zero-order valence-electron chi connectivity index (χ0n) is 21.8. The van der Waals surface area contributed by atoms with Crippen LogP contribution in [0.25, 0.3) is 0 Å². The third kappa shape index (κ3) is 6.55. The Morgan fingerprint density at radius 3 is 1.94 bits per heavy atom. The van der Waals surface area contributed by atoms with Gasteiger partial charge in [-0.1, -0.05) is 32.1 Å². The van der Waals surface area contributed by atoms with E-state index in [1.165, 1.54) is 57.8 Å². The summed E-state index contributed by atoms with van der Waals surface area (Å²) in [5, 5.41) is 10.4. The zero-order chi connectivity index (χ0) is 24.9. The first-order chi connectivity index (χ1) is 17.6. The van der Waals surface area contributed by atoms with Gasteiger partial charge in [-0.3, -0.25) is 4.79 Å². The van der Waals surface area contributed by atoms with Crippen molar-refractivity contribution in [3.8, 4) is 6.07 Å². The average Bonchev–Trinajstić information content (AvgIpc) is 3.40. The fraction of sp³-hybridized carbons (Fsp3) is 0.833. The molecule has 36 heavy (non-hydrogen) atoms. The molecule has 5 aliphatic rings. The van der Waals surface area contributed by atoms with Gasteiger partial charge in [0.05, 0.1) is 4.24 Å². The quantitative estimate of drug-likeness (QED) is 0.205. The van der Waals surface area contributed by atoms with E-state index < -0.39 is 5.97 Å². The summed E-state index contributed by atoms with van der Waals surface area (Å²) in [5.41, 5.74) is 0.247. The predicted molar refractivity (Wildman–Crippen MR) is 147 cm³/mol. The number of rotatable bonds is 5. The molecule has 4 saturated carbocycles. The van der Waals surface area contributed by atoms with Gasteiger partial charge in [0, 0.05) is 23.8 Å². The molecule has 1 unspecified atom stereocenters. The molecule has 5 fully saturated rings. The van der Waals surface area contributed by atoms with Crippen molar-refractivity contribution in [1.29, 1.82) is 5.26 Å². The van der Waals surface area contributed by atoms with Crippen LogP contribution < -0.4 is 0 Å². The van der Waals surface area contributed by atoms with Crippen LogP contribution >= 0.6 is 23.5 Å². The van der Waals surface area contributed by atoms with E-state index in [-0.39, 0.29) is 11.7 Å². The van der Waals surface area contributed by atoms with Crippen molar-refractivity contribution in [2.75, 3.05) is 5.75 Å². The van der Waals surface area contributed by atoms with Crippen LogP contribution in [0.1, 0.15) is 109 Å². The minimum absolute atomic E-state index is 0.0646. The smallest absolute Gasteiger partial charge is 0.350 e. The molecule has 0 spiro atoms. The standard InChI is InChI=1S/C30H43NO3S2/c31-18-27(29(33)34-26-16-12-23(13-17-26)22-10-14-25(32)15-11-22)30-35-19-28(36-30)24-8-6-21(7-9-24)20-4-2-1-3-5-20/h20-24,26,28H,1-17,19H2/b30-27-. The van der Waals surface area contributed by atoms with E-state index in [0.717, 1.165) is 79.1 Å². The highest BCUT2D eigenvalue weighted by Gasteiger charge is 2.37. The monoisotopic (exact) mass is 529 g/mol. The van der Waals surface area contributed by atoms with E-state index in [2.05, 4.69) is 6.07 Å². The molecule has 0 aromatic heterocycles. The maximum atomic E-state index is 13.0. The van der Waals surface area contributed by atoms with Gasteiger partial charge in [-0.2, -0.15) is 5.26 Å². The molecule has 0 radical (unpaired) electrons. The fourth-order valence-corrected chi connectivity index (χ4v) is 11.0. The molecule has 1 aliphatic heterocycles. The molecule has 1 atom stereocenters. The number of hydrogen-bond acceptors (Lipinski definition) is 6. The highest BCUT2D eigenvalue weighted by atomic mass is 32.2. The van der Waals surface area contributed by atoms with Gasteiger partial charge in [0.2, 0.25) is 0 Å². The van der Waals surface area contributed by atoms with Crippen LogP contribution in [0.5, 0.6) is 0 Å². The lowest BCUT2D eigenvalue weighted by Gasteiger charge is -2.37. The Morgan fingerprint density at radius 1 is 0.750 bits per heavy atom. The summed E-state index contributed by atoms with van der Waals surface area (Å²) in [6.45, 7) is 0. The minimum atomic E-state index is -0.402. The van der Waals surface area contributed by atoms with Crippen molar-refractivity contribution in [1.82, 2.24) is 0 Å². The van der Waals surface area contributed by atoms with Crippen molar-refractivity contribution < 1.29 is 14.3 Å². The van der Waals surface area contributed by atoms with Crippen LogP contribution in [-0.2, 0) is 14.3 Å². The van der Waals surface area contributed by atoms with Gasteiger partial charge < -0.3 is 4.74 Å². The van der Waals surface area contributed by atoms with Crippen LogP contribution in [0.15, 0.2) is 9.81 Å². The predicted octanol–water partition coefficient (Wildman–Crippen LogP) is 7.82.